The Balaban J connectivity index is 1.46. The Labute approximate surface area is 277 Å². The molecule has 0 aliphatic carbocycles. The van der Waals surface area contributed by atoms with Gasteiger partial charge in [-0.3, -0.25) is 4.57 Å². The number of benzene rings is 2. The molecule has 0 N–H and O–H groups in total. The zero-order chi connectivity index (χ0) is 33.0. The minimum atomic E-state index is -1.26. The molecule has 13 heteroatoms. The van der Waals surface area contributed by atoms with Crippen molar-refractivity contribution in [1.29, 1.82) is 0 Å². The molecule has 250 valence electrons. The van der Waals surface area contributed by atoms with Gasteiger partial charge in [0, 0.05) is 39.9 Å². The van der Waals surface area contributed by atoms with Crippen molar-refractivity contribution in [3.8, 4) is 11.5 Å². The van der Waals surface area contributed by atoms with Crippen LogP contribution in [0.25, 0.3) is 16.7 Å². The van der Waals surface area contributed by atoms with Gasteiger partial charge in [0.1, 0.15) is 29.6 Å². The maximum Gasteiger partial charge on any atom is 0.232 e. The van der Waals surface area contributed by atoms with Crippen LogP contribution in [-0.4, -0.2) is 84.3 Å². The Hall–Kier alpha value is -4.20. The second-order valence-corrected chi connectivity index (χ2v) is 18.6. The number of morpholine rings is 1. The van der Waals surface area contributed by atoms with Crippen LogP contribution in [0.5, 0.6) is 11.5 Å². The van der Waals surface area contributed by atoms with Crippen molar-refractivity contribution in [2.24, 2.45) is 0 Å². The van der Waals surface area contributed by atoms with Crippen LogP contribution in [0.3, 0.4) is 0 Å². The molecule has 0 bridgehead atoms. The van der Waals surface area contributed by atoms with Crippen LogP contribution < -0.4 is 19.3 Å². The summed E-state index contributed by atoms with van der Waals surface area (Å²) in [6, 6.07) is 15.2. The van der Waals surface area contributed by atoms with Crippen molar-refractivity contribution in [2.45, 2.75) is 58.9 Å². The Kier molecular flexibility index (Phi) is 9.94. The van der Waals surface area contributed by atoms with E-state index >= 15 is 0 Å². The van der Waals surface area contributed by atoms with Crippen molar-refractivity contribution >= 4 is 36.7 Å². The van der Waals surface area contributed by atoms with Gasteiger partial charge in [0.05, 0.1) is 45.7 Å². The average molecular weight is 659 g/mol. The highest BCUT2D eigenvalue weighted by Gasteiger charge is 2.25. The van der Waals surface area contributed by atoms with Gasteiger partial charge in [-0.15, -0.1) is 0 Å². The second kappa shape index (κ2) is 14.3. The van der Waals surface area contributed by atoms with Crippen LogP contribution in [-0.2, 0) is 35.7 Å². The van der Waals surface area contributed by atoms with E-state index in [1.54, 1.807) is 14.2 Å². The summed E-state index contributed by atoms with van der Waals surface area (Å²) >= 11 is 0. The zero-order valence-electron chi connectivity index (χ0n) is 28.4. The minimum absolute atomic E-state index is 0.368. The summed E-state index contributed by atoms with van der Waals surface area (Å²) in [4.78, 5) is 19.8. The molecule has 5 aromatic rings. The lowest BCUT2D eigenvalue weighted by Gasteiger charge is -2.29. The molecule has 1 saturated heterocycles. The summed E-state index contributed by atoms with van der Waals surface area (Å²) in [5, 5.41) is 4.80. The molecule has 12 nitrogen and oxygen atoms in total. The number of aromatic nitrogens is 6. The normalized spacial score (nSPS) is 13.9. The fourth-order valence-electron chi connectivity index (χ4n) is 5.74. The number of hydrogen-bond donors (Lipinski definition) is 0. The fourth-order valence-corrected chi connectivity index (χ4v) is 6.49. The standard InChI is InChI=1S/C34H46N8O4Si/c1-7-26-21-35-42-32(26)37-33(39-15-17-45-18-16-39)38-34(42)40(22-25-11-13-27(43-2)14-12-25)23-30-36-28-9-8-10-29(44-3)31(28)41(30)24-46-19-20-47(4,5)6/h8-14,21H,7,15-20,22-24H2,1-6H3. The molecule has 3 aromatic heterocycles. The van der Waals surface area contributed by atoms with Crippen LogP contribution in [0, 0.1) is 0 Å². The van der Waals surface area contributed by atoms with E-state index in [9.17, 15) is 0 Å². The van der Waals surface area contributed by atoms with E-state index < -0.39 is 8.07 Å². The number of nitrogens with zero attached hydrogens (tertiary/aromatic N) is 8. The summed E-state index contributed by atoms with van der Waals surface area (Å²) in [7, 11) is 2.12. The van der Waals surface area contributed by atoms with Gasteiger partial charge in [0.25, 0.3) is 0 Å². The third-order valence-corrected chi connectivity index (χ3v) is 10.2. The lowest BCUT2D eigenvalue weighted by molar-refractivity contribution is 0.0876. The molecule has 6 rings (SSSR count). The van der Waals surface area contributed by atoms with Gasteiger partial charge >= 0.3 is 0 Å². The third-order valence-electron chi connectivity index (χ3n) is 8.48. The number of rotatable bonds is 14. The van der Waals surface area contributed by atoms with Gasteiger partial charge in [0.2, 0.25) is 11.9 Å². The van der Waals surface area contributed by atoms with Gasteiger partial charge in [-0.2, -0.15) is 19.6 Å². The van der Waals surface area contributed by atoms with Crippen LogP contribution in [0.2, 0.25) is 25.7 Å². The molecule has 47 heavy (non-hydrogen) atoms. The molecule has 1 aliphatic heterocycles. The highest BCUT2D eigenvalue weighted by Crippen LogP contribution is 2.30. The number of fused-ring (bicyclic) bond motifs is 2. The number of anilines is 2. The Morgan fingerprint density at radius 2 is 1.72 bits per heavy atom. The average Bonchev–Trinajstić information content (AvgIpc) is 3.67. The maximum atomic E-state index is 6.33. The summed E-state index contributed by atoms with van der Waals surface area (Å²) in [5.74, 6) is 3.78. The predicted molar refractivity (Wildman–Crippen MR) is 186 cm³/mol. The number of hydrogen-bond acceptors (Lipinski definition) is 10. The molecule has 0 spiro atoms. The quantitative estimate of drug-likeness (QED) is 0.114. The zero-order valence-corrected chi connectivity index (χ0v) is 29.4. The van der Waals surface area contributed by atoms with E-state index in [-0.39, 0.29) is 0 Å². The Bertz CT molecular complexity index is 1790. The second-order valence-electron chi connectivity index (χ2n) is 13.0. The SMILES string of the molecule is CCc1cnn2c(N(Cc3ccc(OC)cc3)Cc3nc4cccc(OC)c4n3COCC[Si](C)(C)C)nc(N3CCOCC3)nc12. The lowest BCUT2D eigenvalue weighted by Crippen LogP contribution is -2.38. The van der Waals surface area contributed by atoms with Crippen LogP contribution in [0.15, 0.2) is 48.7 Å². The number of para-hydroxylation sites is 1. The molecule has 2 aromatic carbocycles. The van der Waals surface area contributed by atoms with Crippen molar-refractivity contribution < 1.29 is 18.9 Å². The molecule has 0 radical (unpaired) electrons. The van der Waals surface area contributed by atoms with Gasteiger partial charge in [-0.05, 0) is 42.3 Å². The van der Waals surface area contributed by atoms with E-state index in [0.717, 1.165) is 70.7 Å². The number of ether oxygens (including phenoxy) is 4. The van der Waals surface area contributed by atoms with E-state index in [0.29, 0.717) is 51.5 Å². The van der Waals surface area contributed by atoms with Crippen LogP contribution in [0.1, 0.15) is 23.9 Å². The molecule has 0 saturated carbocycles. The molecular weight excluding hydrogens is 613 g/mol. The van der Waals surface area contributed by atoms with Gasteiger partial charge in [0.15, 0.2) is 5.65 Å². The molecule has 0 amide bonds. The lowest BCUT2D eigenvalue weighted by atomic mass is 10.2. The smallest absolute Gasteiger partial charge is 0.232 e. The van der Waals surface area contributed by atoms with E-state index in [1.807, 2.05) is 41.0 Å². The van der Waals surface area contributed by atoms with Gasteiger partial charge in [-0.1, -0.05) is 44.8 Å². The molecule has 0 unspecified atom stereocenters. The van der Waals surface area contributed by atoms with Crippen molar-refractivity contribution in [2.75, 3.05) is 56.9 Å². The summed E-state index contributed by atoms with van der Waals surface area (Å²) in [6.07, 6.45) is 2.71. The first-order valence-electron chi connectivity index (χ1n) is 16.3. The highest BCUT2D eigenvalue weighted by molar-refractivity contribution is 6.76. The van der Waals surface area contributed by atoms with E-state index in [2.05, 4.69) is 53.1 Å². The Morgan fingerprint density at radius 3 is 2.43 bits per heavy atom. The first kappa shape index (κ1) is 32.7. The fraction of sp³-hybridized carbons (Fsp3) is 0.471. The van der Waals surface area contributed by atoms with E-state index in [1.165, 1.54) is 0 Å². The van der Waals surface area contributed by atoms with Gasteiger partial charge in [-0.25, -0.2) is 4.98 Å². The Morgan fingerprint density at radius 1 is 0.936 bits per heavy atom. The van der Waals surface area contributed by atoms with Crippen LogP contribution >= 0.6 is 0 Å². The van der Waals surface area contributed by atoms with Crippen molar-refractivity contribution in [3.05, 3.63) is 65.6 Å². The van der Waals surface area contributed by atoms with Crippen molar-refractivity contribution in [3.63, 3.8) is 0 Å². The first-order chi connectivity index (χ1) is 22.8. The number of methoxy groups -OCH3 is 2. The summed E-state index contributed by atoms with van der Waals surface area (Å²) in [6.45, 7) is 14.0. The maximum absolute atomic E-state index is 6.33. The summed E-state index contributed by atoms with van der Waals surface area (Å²) < 4.78 is 27.2. The van der Waals surface area contributed by atoms with Crippen molar-refractivity contribution in [1.82, 2.24) is 29.1 Å². The predicted octanol–water partition coefficient (Wildman–Crippen LogP) is 5.41. The largest absolute Gasteiger partial charge is 0.497 e. The monoisotopic (exact) mass is 658 g/mol. The topological polar surface area (TPSA) is 104 Å². The van der Waals surface area contributed by atoms with E-state index in [4.69, 9.17) is 39.0 Å². The minimum Gasteiger partial charge on any atom is -0.497 e. The summed E-state index contributed by atoms with van der Waals surface area (Å²) in [5.41, 5.74) is 4.74. The molecule has 1 aliphatic rings. The number of aryl methyl sites for hydroxylation is 1. The molecular formula is C34H46N8O4Si. The highest BCUT2D eigenvalue weighted by atomic mass is 28.3. The molecule has 0 atom stereocenters. The first-order valence-corrected chi connectivity index (χ1v) is 20.0. The van der Waals surface area contributed by atoms with Crippen LogP contribution in [0.4, 0.5) is 11.9 Å². The molecule has 1 fully saturated rings. The van der Waals surface area contributed by atoms with Gasteiger partial charge < -0.3 is 28.7 Å². The molecule has 4 heterocycles. The number of imidazole rings is 1. The third kappa shape index (κ3) is 7.37.